The number of methoxy groups -OCH3 is 1. The van der Waals surface area contributed by atoms with E-state index < -0.39 is 0 Å². The number of likely N-dealkylation sites (N-methyl/N-ethyl adjacent to an activating group) is 1. The van der Waals surface area contributed by atoms with E-state index in [4.69, 9.17) is 4.74 Å². The summed E-state index contributed by atoms with van der Waals surface area (Å²) in [5, 5.41) is 12.5. The van der Waals surface area contributed by atoms with Gasteiger partial charge in [0.1, 0.15) is 5.75 Å². The lowest BCUT2D eigenvalue weighted by Crippen LogP contribution is -2.21. The van der Waals surface area contributed by atoms with Gasteiger partial charge in [0.2, 0.25) is 0 Å². The van der Waals surface area contributed by atoms with Gasteiger partial charge in [0.05, 0.1) is 13.7 Å². The molecule has 1 unspecified atom stereocenters. The van der Waals surface area contributed by atoms with Crippen LogP contribution in [0.2, 0.25) is 0 Å². The maximum Gasteiger partial charge on any atom is 0.122 e. The molecule has 3 nitrogen and oxygen atoms in total. The predicted molar refractivity (Wildman–Crippen MR) is 66.2 cm³/mol. The average Bonchev–Trinajstić information content (AvgIpc) is 2.25. The number of ether oxygens (including phenoxy) is 1. The molecule has 0 saturated heterocycles. The third-order valence-corrected chi connectivity index (χ3v) is 2.79. The van der Waals surface area contributed by atoms with Gasteiger partial charge in [-0.2, -0.15) is 0 Å². The van der Waals surface area contributed by atoms with Crippen molar-refractivity contribution in [3.05, 3.63) is 28.8 Å². The van der Waals surface area contributed by atoms with E-state index in [0.29, 0.717) is 0 Å². The van der Waals surface area contributed by atoms with Crippen LogP contribution in [0.3, 0.4) is 0 Å². The second-order valence-electron chi connectivity index (χ2n) is 4.13. The molecule has 1 atom stereocenters. The van der Waals surface area contributed by atoms with Crippen LogP contribution < -0.4 is 10.1 Å². The summed E-state index contributed by atoms with van der Waals surface area (Å²) in [5.74, 6) is 0.951. The summed E-state index contributed by atoms with van der Waals surface area (Å²) < 4.78 is 5.40. The fourth-order valence-corrected chi connectivity index (χ4v) is 2.14. The van der Waals surface area contributed by atoms with Gasteiger partial charge in [0.25, 0.3) is 0 Å². The Morgan fingerprint density at radius 2 is 2.06 bits per heavy atom. The Bertz CT molecular complexity index is 350. The van der Waals surface area contributed by atoms with Gasteiger partial charge >= 0.3 is 0 Å². The topological polar surface area (TPSA) is 41.5 Å². The van der Waals surface area contributed by atoms with Gasteiger partial charge in [0.15, 0.2) is 0 Å². The largest absolute Gasteiger partial charge is 0.496 e. The Labute approximate surface area is 97.4 Å². The van der Waals surface area contributed by atoms with E-state index >= 15 is 0 Å². The van der Waals surface area contributed by atoms with Crippen molar-refractivity contribution in [3.8, 4) is 5.75 Å². The second-order valence-corrected chi connectivity index (χ2v) is 4.13. The third kappa shape index (κ3) is 2.74. The molecule has 0 radical (unpaired) electrons. The molecule has 0 aliphatic heterocycles. The standard InChI is InChI=1S/C13H21NO2/c1-9-5-10(2)13(12(6-9)16-4)11(8-15)7-14-3/h5-6,11,14-15H,7-8H2,1-4H3. The monoisotopic (exact) mass is 223 g/mol. The molecular weight excluding hydrogens is 202 g/mol. The first-order valence-electron chi connectivity index (χ1n) is 5.54. The highest BCUT2D eigenvalue weighted by atomic mass is 16.5. The fraction of sp³-hybridized carbons (Fsp3) is 0.538. The van der Waals surface area contributed by atoms with Crippen molar-refractivity contribution < 1.29 is 9.84 Å². The van der Waals surface area contributed by atoms with Crippen molar-refractivity contribution in [1.82, 2.24) is 5.32 Å². The van der Waals surface area contributed by atoms with Crippen LogP contribution in [-0.4, -0.2) is 32.4 Å². The molecule has 0 saturated carbocycles. The number of rotatable bonds is 5. The Kier molecular flexibility index (Phi) is 4.77. The van der Waals surface area contributed by atoms with Crippen LogP contribution in [0.25, 0.3) is 0 Å². The molecule has 0 spiro atoms. The highest BCUT2D eigenvalue weighted by molar-refractivity contribution is 5.45. The van der Waals surface area contributed by atoms with Crippen LogP contribution in [0.1, 0.15) is 22.6 Å². The molecule has 2 N–H and O–H groups in total. The minimum absolute atomic E-state index is 0.0838. The number of aryl methyl sites for hydroxylation is 2. The molecule has 0 heterocycles. The summed E-state index contributed by atoms with van der Waals surface area (Å²) >= 11 is 0. The Morgan fingerprint density at radius 1 is 1.38 bits per heavy atom. The molecule has 0 fully saturated rings. The first-order chi connectivity index (χ1) is 7.63. The maximum atomic E-state index is 9.43. The van der Waals surface area contributed by atoms with Crippen molar-refractivity contribution >= 4 is 0 Å². The van der Waals surface area contributed by atoms with E-state index in [1.54, 1.807) is 7.11 Å². The molecule has 16 heavy (non-hydrogen) atoms. The summed E-state index contributed by atoms with van der Waals surface area (Å²) in [6.45, 7) is 4.98. The molecule has 3 heteroatoms. The molecule has 0 bridgehead atoms. The zero-order valence-electron chi connectivity index (χ0n) is 10.5. The second kappa shape index (κ2) is 5.87. The van der Waals surface area contributed by atoms with Crippen molar-refractivity contribution in [3.63, 3.8) is 0 Å². The Morgan fingerprint density at radius 3 is 2.56 bits per heavy atom. The van der Waals surface area contributed by atoms with E-state index in [2.05, 4.69) is 18.3 Å². The van der Waals surface area contributed by atoms with E-state index in [9.17, 15) is 5.11 Å². The number of hydrogen-bond acceptors (Lipinski definition) is 3. The van der Waals surface area contributed by atoms with Crippen LogP contribution in [0.15, 0.2) is 12.1 Å². The minimum Gasteiger partial charge on any atom is -0.496 e. The van der Waals surface area contributed by atoms with Crippen molar-refractivity contribution in [2.24, 2.45) is 0 Å². The summed E-state index contributed by atoms with van der Waals surface area (Å²) in [7, 11) is 3.56. The Balaban J connectivity index is 3.18. The quantitative estimate of drug-likeness (QED) is 0.797. The zero-order chi connectivity index (χ0) is 12.1. The lowest BCUT2D eigenvalue weighted by molar-refractivity contribution is 0.259. The predicted octanol–water partition coefficient (Wildman–Crippen LogP) is 1.61. The lowest BCUT2D eigenvalue weighted by atomic mass is 9.93. The van der Waals surface area contributed by atoms with Crippen molar-refractivity contribution in [2.75, 3.05) is 27.3 Å². The number of benzene rings is 1. The number of aliphatic hydroxyl groups excluding tert-OH is 1. The number of hydrogen-bond donors (Lipinski definition) is 2. The highest BCUT2D eigenvalue weighted by Gasteiger charge is 2.17. The molecule has 90 valence electrons. The first-order valence-corrected chi connectivity index (χ1v) is 5.54. The van der Waals surface area contributed by atoms with Gasteiger partial charge in [-0.05, 0) is 38.1 Å². The summed E-state index contributed by atoms with van der Waals surface area (Å²) in [6.07, 6.45) is 0. The zero-order valence-corrected chi connectivity index (χ0v) is 10.5. The highest BCUT2D eigenvalue weighted by Crippen LogP contribution is 2.30. The number of aliphatic hydroxyl groups is 1. The summed E-state index contributed by atoms with van der Waals surface area (Å²) in [4.78, 5) is 0. The van der Waals surface area contributed by atoms with Crippen LogP contribution in [0.5, 0.6) is 5.75 Å². The molecule has 0 aromatic heterocycles. The first kappa shape index (κ1) is 13.0. The van der Waals surface area contributed by atoms with Gasteiger partial charge in [-0.15, -0.1) is 0 Å². The SMILES string of the molecule is CNCC(CO)c1c(C)cc(C)cc1OC. The van der Waals surface area contributed by atoms with Crippen LogP contribution >= 0.6 is 0 Å². The summed E-state index contributed by atoms with van der Waals surface area (Å²) in [5.41, 5.74) is 3.45. The van der Waals surface area contributed by atoms with Gasteiger partial charge in [0, 0.05) is 18.0 Å². The van der Waals surface area contributed by atoms with Gasteiger partial charge in [-0.3, -0.25) is 0 Å². The van der Waals surface area contributed by atoms with Crippen molar-refractivity contribution in [1.29, 1.82) is 0 Å². The van der Waals surface area contributed by atoms with E-state index in [1.807, 2.05) is 20.0 Å². The fourth-order valence-electron chi connectivity index (χ4n) is 2.14. The molecule has 0 aliphatic carbocycles. The molecule has 1 aromatic rings. The minimum atomic E-state index is 0.0838. The van der Waals surface area contributed by atoms with E-state index in [1.165, 1.54) is 11.1 Å². The van der Waals surface area contributed by atoms with Gasteiger partial charge in [-0.25, -0.2) is 0 Å². The third-order valence-electron chi connectivity index (χ3n) is 2.79. The molecular formula is C13H21NO2. The molecule has 1 rings (SSSR count). The van der Waals surface area contributed by atoms with Gasteiger partial charge in [-0.1, -0.05) is 6.07 Å². The van der Waals surface area contributed by atoms with E-state index in [-0.39, 0.29) is 12.5 Å². The van der Waals surface area contributed by atoms with Gasteiger partial charge < -0.3 is 15.2 Å². The normalized spacial score (nSPS) is 12.6. The van der Waals surface area contributed by atoms with E-state index in [0.717, 1.165) is 17.9 Å². The van der Waals surface area contributed by atoms with Crippen LogP contribution in [0.4, 0.5) is 0 Å². The average molecular weight is 223 g/mol. The van der Waals surface area contributed by atoms with Crippen LogP contribution in [-0.2, 0) is 0 Å². The Hall–Kier alpha value is -1.06. The summed E-state index contributed by atoms with van der Waals surface area (Å²) in [6, 6.07) is 4.14. The lowest BCUT2D eigenvalue weighted by Gasteiger charge is -2.20. The van der Waals surface area contributed by atoms with Crippen LogP contribution in [0, 0.1) is 13.8 Å². The number of nitrogens with one attached hydrogen (secondary N) is 1. The van der Waals surface area contributed by atoms with Crippen molar-refractivity contribution in [2.45, 2.75) is 19.8 Å². The smallest absolute Gasteiger partial charge is 0.122 e. The molecule has 0 aliphatic rings. The maximum absolute atomic E-state index is 9.43. The molecule has 0 amide bonds. The molecule has 1 aromatic carbocycles.